The van der Waals surface area contributed by atoms with Gasteiger partial charge in [0, 0.05) is 0 Å². The van der Waals surface area contributed by atoms with Gasteiger partial charge < -0.3 is 84.7 Å². The van der Waals surface area contributed by atoms with Crippen molar-refractivity contribution in [2.75, 3.05) is 0 Å². The molecule has 0 saturated heterocycles. The second kappa shape index (κ2) is 21.5. The van der Waals surface area contributed by atoms with Crippen molar-refractivity contribution >= 4 is 107 Å². The molecule has 0 aromatic carbocycles. The molecule has 0 aliphatic heterocycles. The molecule has 0 rings (SSSR count). The Bertz CT molecular complexity index is 257. The summed E-state index contributed by atoms with van der Waals surface area (Å²) in [5, 5.41) is 0. The standard InChI is InChI=1S/4Al.H2O4S.3O4Si/c;;;;4*1-5(2,3)4/h;;;;(H2,1,2,3,4);;;/q4*+3;;3*-4. The first-order chi connectivity index (χ1) is 8.00. The Hall–Kier alpha value is 2.17. The monoisotopic (exact) mass is 482 g/mol. The fourth-order valence-corrected chi connectivity index (χ4v) is 0. The predicted octanol–water partition coefficient (Wildman–Crippen LogP) is -17.6. The summed E-state index contributed by atoms with van der Waals surface area (Å²) < 4.78 is 31.6. The van der Waals surface area contributed by atoms with Crippen molar-refractivity contribution in [3.63, 3.8) is 0 Å². The van der Waals surface area contributed by atoms with Crippen LogP contribution in [0.3, 0.4) is 0 Å². The molecule has 2 N–H and O–H groups in total. The number of rotatable bonds is 0. The summed E-state index contributed by atoms with van der Waals surface area (Å²) in [6.45, 7) is 0. The Morgan fingerprint density at radius 1 is 0.458 bits per heavy atom. The quantitative estimate of drug-likeness (QED) is 0.239. The van der Waals surface area contributed by atoms with Gasteiger partial charge in [-0.05, 0) is 0 Å². The molecule has 0 saturated carbocycles. The first kappa shape index (κ1) is 50.2. The van der Waals surface area contributed by atoms with Crippen molar-refractivity contribution < 1.29 is 75.1 Å². The van der Waals surface area contributed by atoms with E-state index in [2.05, 4.69) is 0 Å². The van der Waals surface area contributed by atoms with E-state index in [0.717, 1.165) is 0 Å². The molecular weight excluding hydrogens is 480 g/mol. The van der Waals surface area contributed by atoms with Gasteiger partial charge in [-0.2, -0.15) is 8.42 Å². The molecular formula is H2Al4O16SSi3. The largest absolute Gasteiger partial charge is 3.00 e. The molecule has 24 heavy (non-hydrogen) atoms. The first-order valence-corrected chi connectivity index (χ1v) is 9.44. The Morgan fingerprint density at radius 2 is 0.458 bits per heavy atom. The molecule has 0 bridgehead atoms. The molecule has 0 atom stereocenters. The first-order valence-electron chi connectivity index (χ1n) is 3.15. The average molecular weight is 482 g/mol. The molecule has 128 valence electrons. The van der Waals surface area contributed by atoms with Gasteiger partial charge in [-0.3, -0.25) is 9.11 Å². The van der Waals surface area contributed by atoms with Gasteiger partial charge in [0.05, 0.1) is 0 Å². The fraction of sp³-hybridized carbons (Fsp3) is 0. The summed E-state index contributed by atoms with van der Waals surface area (Å²) in [5.41, 5.74) is 0. The summed E-state index contributed by atoms with van der Waals surface area (Å²) in [6.07, 6.45) is 0. The molecule has 0 aromatic rings. The number of hydrogen-bond donors (Lipinski definition) is 2. The maximum Gasteiger partial charge on any atom is 3.00 e. The third-order valence-corrected chi connectivity index (χ3v) is 0. The van der Waals surface area contributed by atoms with Crippen LogP contribution in [0.15, 0.2) is 0 Å². The molecule has 24 heteroatoms. The molecule has 0 radical (unpaired) electrons. The Labute approximate surface area is 181 Å². The van der Waals surface area contributed by atoms with Crippen LogP contribution in [0.5, 0.6) is 0 Å². The van der Waals surface area contributed by atoms with Crippen LogP contribution in [0, 0.1) is 0 Å². The second-order valence-electron chi connectivity index (χ2n) is 1.95. The van der Waals surface area contributed by atoms with Crippen LogP contribution < -0.4 is 57.5 Å². The van der Waals surface area contributed by atoms with E-state index in [1.54, 1.807) is 0 Å². The molecule has 0 unspecified atom stereocenters. The van der Waals surface area contributed by atoms with Gasteiger partial charge >= 0.3 is 79.8 Å². The van der Waals surface area contributed by atoms with Crippen molar-refractivity contribution in [2.24, 2.45) is 0 Å². The van der Waals surface area contributed by atoms with Crippen molar-refractivity contribution in [3.8, 4) is 0 Å². The second-order valence-corrected chi connectivity index (χ2v) is 5.84. The maximum absolute atomic E-state index is 8.74. The molecule has 0 spiro atoms. The average Bonchev–Trinajstić information content (AvgIpc) is 1.62. The zero-order valence-electron chi connectivity index (χ0n) is 10.8. The fourth-order valence-electron chi connectivity index (χ4n) is 0. The molecule has 0 aliphatic carbocycles. The van der Waals surface area contributed by atoms with E-state index in [1.165, 1.54) is 0 Å². The zero-order chi connectivity index (χ0) is 18.0. The minimum atomic E-state index is -5.61. The topological polar surface area (TPSA) is 351 Å². The molecule has 0 heterocycles. The SMILES string of the molecule is O=S(=O)(O)O.[Al+3].[Al+3].[Al+3].[Al+3].[O-][Si]([O-])([O-])[O-].[O-][Si]([O-])([O-])[O-].[O-][Si]([O-])([O-])[O-]. The third-order valence-electron chi connectivity index (χ3n) is 0. The third kappa shape index (κ3) is 2750. The summed E-state index contributed by atoms with van der Waals surface area (Å²) in [6, 6.07) is 0. The van der Waals surface area contributed by atoms with Crippen LogP contribution in [-0.4, -0.2) is 114 Å². The van der Waals surface area contributed by atoms with Crippen LogP contribution in [0.2, 0.25) is 0 Å². The minimum absolute atomic E-state index is 0. The summed E-state index contributed by atoms with van der Waals surface area (Å²) in [4.78, 5) is 103. The Balaban J connectivity index is -0.0000000225. The van der Waals surface area contributed by atoms with Crippen LogP contribution in [0.25, 0.3) is 0 Å². The van der Waals surface area contributed by atoms with Gasteiger partial charge in [0.25, 0.3) is 0 Å². The van der Waals surface area contributed by atoms with E-state index in [4.69, 9.17) is 75.1 Å². The van der Waals surface area contributed by atoms with E-state index >= 15 is 0 Å². The van der Waals surface area contributed by atoms with E-state index in [-0.39, 0.29) is 69.4 Å². The van der Waals surface area contributed by atoms with Gasteiger partial charge in [0.2, 0.25) is 0 Å². The normalized spacial score (nSPS) is 9.92. The van der Waals surface area contributed by atoms with Crippen LogP contribution in [-0.2, 0) is 10.4 Å². The zero-order valence-corrected chi connectivity index (χ0v) is 19.3. The van der Waals surface area contributed by atoms with Crippen LogP contribution >= 0.6 is 0 Å². The van der Waals surface area contributed by atoms with Gasteiger partial charge in [0.15, 0.2) is 0 Å². The predicted molar refractivity (Wildman–Crippen MR) is 54.5 cm³/mol. The smallest absolute Gasteiger partial charge is 0.894 e. The Kier molecular flexibility index (Phi) is 44.9. The van der Waals surface area contributed by atoms with E-state index in [9.17, 15) is 0 Å². The van der Waals surface area contributed by atoms with E-state index < -0.39 is 37.5 Å². The summed E-state index contributed by atoms with van der Waals surface area (Å²) in [7, 11) is -21.5. The molecule has 0 amide bonds. The van der Waals surface area contributed by atoms with Gasteiger partial charge in [0.1, 0.15) is 0 Å². The van der Waals surface area contributed by atoms with Crippen molar-refractivity contribution in [1.29, 1.82) is 0 Å². The molecule has 0 aliphatic rings. The van der Waals surface area contributed by atoms with E-state index in [0.29, 0.717) is 0 Å². The maximum atomic E-state index is 8.74. The van der Waals surface area contributed by atoms with Gasteiger partial charge in [-0.15, -0.1) is 0 Å². The van der Waals surface area contributed by atoms with Gasteiger partial charge in [-0.1, -0.05) is 0 Å². The summed E-state index contributed by atoms with van der Waals surface area (Å²) in [5.74, 6) is 0. The molecule has 16 nitrogen and oxygen atoms in total. The van der Waals surface area contributed by atoms with Crippen molar-refractivity contribution in [1.82, 2.24) is 0 Å². The van der Waals surface area contributed by atoms with Crippen LogP contribution in [0.1, 0.15) is 0 Å². The number of hydrogen-bond acceptors (Lipinski definition) is 14. The van der Waals surface area contributed by atoms with Crippen molar-refractivity contribution in [2.45, 2.75) is 0 Å². The minimum Gasteiger partial charge on any atom is -0.894 e. The van der Waals surface area contributed by atoms with Crippen molar-refractivity contribution in [3.05, 3.63) is 0 Å². The summed E-state index contributed by atoms with van der Waals surface area (Å²) >= 11 is 0. The van der Waals surface area contributed by atoms with Crippen LogP contribution in [0.4, 0.5) is 0 Å². The molecule has 0 fully saturated rings. The van der Waals surface area contributed by atoms with Gasteiger partial charge in [-0.25, -0.2) is 0 Å². The molecule has 0 aromatic heterocycles. The Morgan fingerprint density at radius 3 is 0.458 bits per heavy atom. The van der Waals surface area contributed by atoms with E-state index in [1.807, 2.05) is 0 Å².